The van der Waals surface area contributed by atoms with E-state index in [1.807, 2.05) is 54.7 Å². The van der Waals surface area contributed by atoms with E-state index in [1.54, 1.807) is 6.20 Å². The van der Waals surface area contributed by atoms with Gasteiger partial charge >= 0.3 is 169 Å². The molecular formula is C121H181N13O6W8. The monoisotopic (exact) mass is 3380 g/mol. The summed E-state index contributed by atoms with van der Waals surface area (Å²) in [4.78, 5) is 41.5. The molecule has 0 fully saturated rings. The van der Waals surface area contributed by atoms with Crippen LogP contribution in [0.5, 0.6) is 23.0 Å². The number of pyridine rings is 8. The summed E-state index contributed by atoms with van der Waals surface area (Å²) in [5.41, 5.74) is 16.8. The first-order chi connectivity index (χ1) is 64.4. The zero-order valence-electron chi connectivity index (χ0n) is 99.3. The Balaban J connectivity index is -0.000000240. The molecule has 0 atom stereocenters. The van der Waals surface area contributed by atoms with Gasteiger partial charge in [0.15, 0.2) is 6.39 Å². The fourth-order valence-electron chi connectivity index (χ4n) is 10.6. The molecule has 19 nitrogen and oxygen atoms in total. The van der Waals surface area contributed by atoms with E-state index < -0.39 is 0 Å². The number of hydrogen-bond acceptors (Lipinski definition) is 18. The summed E-state index contributed by atoms with van der Waals surface area (Å²) in [6, 6.07) is 26.6. The van der Waals surface area contributed by atoms with Gasteiger partial charge in [-0.2, -0.15) is 166 Å². The Morgan fingerprint density at radius 1 is 0.311 bits per heavy atom. The normalized spacial score (nSPS) is 12.1. The van der Waals surface area contributed by atoms with Crippen LogP contribution in [0.1, 0.15) is 402 Å². The second kappa shape index (κ2) is 77.8. The van der Waals surface area contributed by atoms with Crippen LogP contribution >= 0.6 is 0 Å². The van der Waals surface area contributed by atoms with Crippen molar-refractivity contribution in [3.05, 3.63) is 251 Å². The van der Waals surface area contributed by atoms with Crippen molar-refractivity contribution >= 4 is 55.1 Å². The second-order valence-corrected chi connectivity index (χ2v) is 47.4. The van der Waals surface area contributed by atoms with E-state index >= 15 is 0 Å². The SMILES string of the molecule is CC(C)(C)c1cc2[nH]ccc2[c-]n1.CC(C)(C)c1cc2c([c-]n1)NCCC2.CC(C)(C)c1cc2c([c-]n1)NCCO2.CC(C)(C)c1cc2c([c-]n1)OCCC2.CC(C)(C)c1cc2c([c-]n1)OCO2.CC(C)(C)c1cc2ccccc2[c-]n1.CC(C)(C)c1cc2ncoc2[c-]n1.CC(C)(C)c1cc2oncc2[c-]n1.C[C-](C)C.C[C-](C)C.C[C-](C)C.C[C-](C)C.C[C-](C)C.C[C-](C)C.C[C-](C)C.C[C-](C)C.[W+2].[W+2].[W+2].[W+2].[W+2].[W+2].[W+2].[W+2]. The van der Waals surface area contributed by atoms with Crippen molar-refractivity contribution in [3.63, 3.8) is 0 Å². The largest absolute Gasteiger partial charge is 2.00 e. The quantitative estimate of drug-likeness (QED) is 0.120. The number of aryl methyl sites for hydroxylation is 2. The van der Waals surface area contributed by atoms with Crippen molar-refractivity contribution in [2.24, 2.45) is 0 Å². The second-order valence-electron chi connectivity index (χ2n) is 47.4. The van der Waals surface area contributed by atoms with E-state index in [2.05, 4.69) is 478 Å². The fraction of sp³-hybridized carbons (Fsp3) is 0.537. The number of nitrogens with one attached hydrogen (secondary N) is 3. The predicted molar refractivity (Wildman–Crippen MR) is 592 cm³/mol. The number of nitrogens with zero attached hydrogens (tertiary/aromatic N) is 10. The zero-order valence-corrected chi connectivity index (χ0v) is 123. The summed E-state index contributed by atoms with van der Waals surface area (Å²) in [6.45, 7) is 105. The van der Waals surface area contributed by atoms with Gasteiger partial charge in [0.05, 0.1) is 35.9 Å². The average molecular weight is 3380 g/mol. The van der Waals surface area contributed by atoms with Crippen LogP contribution in [0.4, 0.5) is 11.4 Å². The molecule has 0 unspecified atom stereocenters. The number of rotatable bonds is 0. The molecule has 12 aromatic rings. The Bertz CT molecular complexity index is 4970. The number of hydrogen-bond donors (Lipinski definition) is 3. The number of oxazole rings is 1. The number of fused-ring (bicyclic) bond motifs is 8. The Labute approximate surface area is 1010 Å². The van der Waals surface area contributed by atoms with E-state index in [0.29, 0.717) is 17.9 Å². The minimum Gasteiger partial charge on any atom is -0.547 e. The maximum Gasteiger partial charge on any atom is 2.00 e. The van der Waals surface area contributed by atoms with E-state index in [9.17, 15) is 0 Å². The smallest absolute Gasteiger partial charge is 0.547 e. The van der Waals surface area contributed by atoms with Crippen molar-refractivity contribution in [3.8, 4) is 23.0 Å². The number of aromatic amines is 1. The molecule has 0 amide bonds. The van der Waals surface area contributed by atoms with Crippen molar-refractivity contribution in [2.45, 2.75) is 401 Å². The Hall–Kier alpha value is -4.53. The summed E-state index contributed by atoms with van der Waals surface area (Å²) in [5, 5.41) is 14.4. The third-order valence-corrected chi connectivity index (χ3v) is 17.6. The average Bonchev–Trinajstić information content (AvgIpc) is 1.82. The van der Waals surface area contributed by atoms with Gasteiger partial charge in [0, 0.05) is 30.1 Å². The molecule has 15 heterocycles. The van der Waals surface area contributed by atoms with Gasteiger partial charge in [-0.25, -0.2) is 0 Å². The van der Waals surface area contributed by atoms with Crippen LogP contribution in [-0.2, 0) is 225 Å². The van der Waals surface area contributed by atoms with Crippen molar-refractivity contribution in [1.29, 1.82) is 0 Å². The number of aromatic nitrogens is 11. The molecule has 16 rings (SSSR count). The summed E-state index contributed by atoms with van der Waals surface area (Å²) in [5.74, 6) is 14.4. The van der Waals surface area contributed by atoms with Gasteiger partial charge in [-0.05, 0) is 134 Å². The molecule has 814 valence electrons. The van der Waals surface area contributed by atoms with E-state index in [4.69, 9.17) is 27.9 Å². The van der Waals surface area contributed by atoms with Crippen LogP contribution in [-0.4, -0.2) is 88.1 Å². The van der Waals surface area contributed by atoms with Gasteiger partial charge in [-0.15, -0.1) is 93.1 Å². The van der Waals surface area contributed by atoms with Gasteiger partial charge in [0.25, 0.3) is 0 Å². The zero-order chi connectivity index (χ0) is 107. The van der Waals surface area contributed by atoms with E-state index in [-0.39, 0.29) is 219 Å². The molecule has 4 aliphatic rings. The Kier molecular flexibility index (Phi) is 83.4. The van der Waals surface area contributed by atoms with E-state index in [1.165, 1.54) is 76.7 Å². The van der Waals surface area contributed by atoms with Crippen LogP contribution in [0.2, 0.25) is 0 Å². The first-order valence-corrected chi connectivity index (χ1v) is 49.2. The first-order valence-electron chi connectivity index (χ1n) is 49.2. The van der Waals surface area contributed by atoms with Crippen LogP contribution in [0.3, 0.4) is 0 Å². The molecule has 4 aliphatic heterocycles. The fourth-order valence-corrected chi connectivity index (χ4v) is 10.6. The van der Waals surface area contributed by atoms with Gasteiger partial charge in [0.1, 0.15) is 0 Å². The van der Waals surface area contributed by atoms with Gasteiger partial charge < -0.3 is 131 Å². The summed E-state index contributed by atoms with van der Waals surface area (Å²) < 4.78 is 31.5. The minimum atomic E-state index is 0. The molecule has 0 bridgehead atoms. The maximum atomic E-state index is 5.53. The number of benzene rings is 1. The summed E-state index contributed by atoms with van der Waals surface area (Å²) >= 11 is 0. The van der Waals surface area contributed by atoms with Crippen molar-refractivity contribution in [2.75, 3.05) is 43.7 Å². The first kappa shape index (κ1) is 159. The van der Waals surface area contributed by atoms with Crippen molar-refractivity contribution in [1.82, 2.24) is 55.0 Å². The number of ether oxygens (including phenoxy) is 4. The van der Waals surface area contributed by atoms with Gasteiger partial charge in [-0.3, -0.25) is 4.98 Å². The molecule has 148 heavy (non-hydrogen) atoms. The van der Waals surface area contributed by atoms with Gasteiger partial charge in [0.2, 0.25) is 6.79 Å². The molecule has 1 aromatic carbocycles. The van der Waals surface area contributed by atoms with Crippen LogP contribution in [0.15, 0.2) is 107 Å². The Morgan fingerprint density at radius 3 is 1.15 bits per heavy atom. The predicted octanol–water partition coefficient (Wildman–Crippen LogP) is 32.5. The van der Waals surface area contributed by atoms with Gasteiger partial charge in [-0.1, -0.05) is 249 Å². The molecule has 0 radical (unpaired) electrons. The third-order valence-electron chi connectivity index (χ3n) is 17.6. The van der Waals surface area contributed by atoms with Crippen molar-refractivity contribution < 1.29 is 196 Å². The van der Waals surface area contributed by atoms with Crippen LogP contribution < -0.4 is 29.6 Å². The topological polar surface area (TPSA) is 232 Å². The maximum absolute atomic E-state index is 5.53. The third kappa shape index (κ3) is 70.2. The molecule has 27 heteroatoms. The molecule has 11 aromatic heterocycles. The number of anilines is 2. The molecule has 0 saturated carbocycles. The molecule has 0 spiro atoms. The Morgan fingerprint density at radius 2 is 0.676 bits per heavy atom. The molecule has 0 saturated heterocycles. The molecule has 0 aliphatic carbocycles. The number of H-pyrrole nitrogens is 1. The summed E-state index contributed by atoms with van der Waals surface area (Å²) in [7, 11) is 0. The standard InChI is InChI=1S/C13H14N.C12H17N2.C12H16NO.C11H15N2O.C11H13N2.2C10H11N2O.C10H12NO2.8C4H9.8W/c1-13(2,3)12-8-10-6-4-5-7-11(10)9-14-12;1-12(2,3)11-7-9-5-4-6-13-10(9)8-14-11;1-12(2,3)11-7-9-5-4-6-14-10(9)8-13-11;1-11(2,3)10-6-9-8(7-13-10)12-4-5-14-9;1-11(2,3)10-6-9-8(7-13-10)4-5-12-9;1-10(2,3)9-4-8-7(5-11-9)6-12-13-8;2*1-10(2,3)9-4-7-8(5-11-9)13-6-12-7;8*1-4(2)3;;;;;;;;/h4-8H,1-3H3;7,13H,4-6H2,1-3H3;7H,4-6H2,1-3H3;6,12H,4-5H2,1-3H3;4-6,12H,1-3H3;2*4,6H,1-3H3;4H,6H2,1-3H3;8*1-3H3;;;;;;;;/q16*-1;8*+2. The molecular weight excluding hydrogens is 3200 g/mol. The minimum absolute atomic E-state index is 0. The van der Waals surface area contributed by atoms with Crippen LogP contribution in [0, 0.1) is 96.9 Å². The summed E-state index contributed by atoms with van der Waals surface area (Å²) in [6.07, 6.45) is 33.2. The van der Waals surface area contributed by atoms with Crippen LogP contribution in [0.25, 0.3) is 43.7 Å². The van der Waals surface area contributed by atoms with E-state index in [0.717, 1.165) is 146 Å². The molecule has 3 N–H and O–H groups in total.